The summed E-state index contributed by atoms with van der Waals surface area (Å²) in [5, 5.41) is 9.35. The van der Waals surface area contributed by atoms with Crippen LogP contribution in [-0.4, -0.2) is 23.5 Å². The number of carbonyl (C=O) groups excluding carboxylic acids is 2. The molecule has 6 nitrogen and oxygen atoms in total. The van der Waals surface area contributed by atoms with Crippen LogP contribution in [0.3, 0.4) is 0 Å². The van der Waals surface area contributed by atoms with E-state index in [1.807, 2.05) is 6.92 Å². The summed E-state index contributed by atoms with van der Waals surface area (Å²) in [6.45, 7) is 2.61. The van der Waals surface area contributed by atoms with E-state index in [0.29, 0.717) is 23.7 Å². The molecule has 23 heavy (non-hydrogen) atoms. The fourth-order valence-electron chi connectivity index (χ4n) is 2.23. The number of rotatable bonds is 6. The van der Waals surface area contributed by atoms with Crippen LogP contribution in [0.15, 0.2) is 34.9 Å². The van der Waals surface area contributed by atoms with Gasteiger partial charge in [-0.05, 0) is 37.5 Å². The zero-order chi connectivity index (χ0) is 16.2. The summed E-state index contributed by atoms with van der Waals surface area (Å²) in [6, 6.07) is 8.50. The van der Waals surface area contributed by atoms with E-state index in [2.05, 4.69) is 15.8 Å². The van der Waals surface area contributed by atoms with E-state index >= 15 is 0 Å². The van der Waals surface area contributed by atoms with Crippen LogP contribution < -0.4 is 10.6 Å². The first-order valence-corrected chi connectivity index (χ1v) is 7.83. The van der Waals surface area contributed by atoms with Crippen LogP contribution in [0.4, 0.5) is 5.69 Å². The lowest BCUT2D eigenvalue weighted by Crippen LogP contribution is -2.24. The normalized spacial score (nSPS) is 13.6. The van der Waals surface area contributed by atoms with Gasteiger partial charge in [0.05, 0.1) is 0 Å². The first kappa shape index (κ1) is 15.3. The SMILES string of the molecule is CCCNC(=O)c1cccc(NC(=O)c2cc(C3CC3)on2)c1. The van der Waals surface area contributed by atoms with Gasteiger partial charge in [0, 0.05) is 29.8 Å². The molecule has 0 radical (unpaired) electrons. The van der Waals surface area contributed by atoms with Crippen LogP contribution in [0.2, 0.25) is 0 Å². The van der Waals surface area contributed by atoms with E-state index in [0.717, 1.165) is 25.0 Å². The molecule has 2 N–H and O–H groups in total. The Morgan fingerprint density at radius 3 is 2.83 bits per heavy atom. The molecule has 2 aromatic rings. The van der Waals surface area contributed by atoms with Crippen molar-refractivity contribution in [1.29, 1.82) is 0 Å². The number of amides is 2. The molecular weight excluding hydrogens is 294 g/mol. The third kappa shape index (κ3) is 3.77. The van der Waals surface area contributed by atoms with Crippen LogP contribution in [0.25, 0.3) is 0 Å². The highest BCUT2D eigenvalue weighted by Crippen LogP contribution is 2.40. The van der Waals surface area contributed by atoms with Crippen molar-refractivity contribution in [2.75, 3.05) is 11.9 Å². The summed E-state index contributed by atoms with van der Waals surface area (Å²) >= 11 is 0. The summed E-state index contributed by atoms with van der Waals surface area (Å²) in [4.78, 5) is 24.1. The third-order valence-electron chi connectivity index (χ3n) is 3.66. The summed E-state index contributed by atoms with van der Waals surface area (Å²) in [7, 11) is 0. The van der Waals surface area contributed by atoms with Crippen molar-refractivity contribution < 1.29 is 14.1 Å². The molecule has 0 aliphatic heterocycles. The number of benzene rings is 1. The van der Waals surface area contributed by atoms with Crippen molar-refractivity contribution in [3.8, 4) is 0 Å². The van der Waals surface area contributed by atoms with Gasteiger partial charge in [0.15, 0.2) is 5.69 Å². The van der Waals surface area contributed by atoms with E-state index in [1.54, 1.807) is 30.3 Å². The molecule has 0 spiro atoms. The molecule has 1 fully saturated rings. The topological polar surface area (TPSA) is 84.2 Å². The standard InChI is InChI=1S/C17H19N3O3/c1-2-8-18-16(21)12-4-3-5-13(9-12)19-17(22)14-10-15(23-20-14)11-6-7-11/h3-5,9-11H,2,6-8H2,1H3,(H,18,21)(H,19,22). The van der Waals surface area contributed by atoms with Gasteiger partial charge in [0.25, 0.3) is 11.8 Å². The number of nitrogens with zero attached hydrogens (tertiary/aromatic N) is 1. The van der Waals surface area contributed by atoms with Crippen LogP contribution >= 0.6 is 0 Å². The van der Waals surface area contributed by atoms with Gasteiger partial charge in [-0.3, -0.25) is 9.59 Å². The first-order chi connectivity index (χ1) is 11.2. The van der Waals surface area contributed by atoms with E-state index in [1.165, 1.54) is 0 Å². The molecule has 120 valence electrons. The van der Waals surface area contributed by atoms with Crippen LogP contribution in [-0.2, 0) is 0 Å². The highest BCUT2D eigenvalue weighted by molar-refractivity contribution is 6.03. The van der Waals surface area contributed by atoms with Crippen LogP contribution in [0.5, 0.6) is 0 Å². The molecule has 0 atom stereocenters. The minimum Gasteiger partial charge on any atom is -0.360 e. The molecule has 1 aromatic carbocycles. The number of hydrogen-bond donors (Lipinski definition) is 2. The number of nitrogens with one attached hydrogen (secondary N) is 2. The molecule has 3 rings (SSSR count). The number of hydrogen-bond acceptors (Lipinski definition) is 4. The summed E-state index contributed by atoms with van der Waals surface area (Å²) in [5.74, 6) is 0.685. The Kier molecular flexibility index (Phi) is 4.41. The maximum Gasteiger partial charge on any atom is 0.277 e. The predicted octanol–water partition coefficient (Wildman–Crippen LogP) is 2.94. The zero-order valence-electron chi connectivity index (χ0n) is 13.0. The third-order valence-corrected chi connectivity index (χ3v) is 3.66. The molecule has 0 unspecified atom stereocenters. The van der Waals surface area contributed by atoms with Gasteiger partial charge in [-0.15, -0.1) is 0 Å². The summed E-state index contributed by atoms with van der Waals surface area (Å²) in [5.41, 5.74) is 1.32. The van der Waals surface area contributed by atoms with Gasteiger partial charge in [-0.2, -0.15) is 0 Å². The second-order valence-corrected chi connectivity index (χ2v) is 5.68. The summed E-state index contributed by atoms with van der Waals surface area (Å²) < 4.78 is 5.18. The molecule has 2 amide bonds. The molecule has 1 saturated carbocycles. The molecule has 1 aliphatic rings. The minimum atomic E-state index is -0.341. The Labute approximate surface area is 134 Å². The van der Waals surface area contributed by atoms with Crippen molar-refractivity contribution >= 4 is 17.5 Å². The van der Waals surface area contributed by atoms with Crippen molar-refractivity contribution in [2.24, 2.45) is 0 Å². The first-order valence-electron chi connectivity index (χ1n) is 7.83. The average Bonchev–Trinajstić information content (AvgIpc) is 3.29. The maximum absolute atomic E-state index is 12.2. The van der Waals surface area contributed by atoms with Crippen LogP contribution in [0.1, 0.15) is 58.7 Å². The second kappa shape index (κ2) is 6.64. The van der Waals surface area contributed by atoms with Gasteiger partial charge >= 0.3 is 0 Å². The number of carbonyl (C=O) groups is 2. The lowest BCUT2D eigenvalue weighted by Gasteiger charge is -2.06. The van der Waals surface area contributed by atoms with Gasteiger partial charge in [-0.1, -0.05) is 18.1 Å². The molecule has 6 heteroatoms. The predicted molar refractivity (Wildman–Crippen MR) is 85.5 cm³/mol. The zero-order valence-corrected chi connectivity index (χ0v) is 13.0. The largest absolute Gasteiger partial charge is 0.360 e. The second-order valence-electron chi connectivity index (χ2n) is 5.68. The number of aromatic nitrogens is 1. The fourth-order valence-corrected chi connectivity index (χ4v) is 2.23. The summed E-state index contributed by atoms with van der Waals surface area (Å²) in [6.07, 6.45) is 3.05. The highest BCUT2D eigenvalue weighted by atomic mass is 16.5. The fraction of sp³-hybridized carbons (Fsp3) is 0.353. The molecule has 1 aromatic heterocycles. The highest BCUT2D eigenvalue weighted by Gasteiger charge is 2.28. The lowest BCUT2D eigenvalue weighted by molar-refractivity contribution is 0.0952. The monoisotopic (exact) mass is 313 g/mol. The van der Waals surface area contributed by atoms with Gasteiger partial charge in [0.2, 0.25) is 0 Å². The van der Waals surface area contributed by atoms with Crippen molar-refractivity contribution in [3.05, 3.63) is 47.3 Å². The Hall–Kier alpha value is -2.63. The smallest absolute Gasteiger partial charge is 0.277 e. The van der Waals surface area contributed by atoms with E-state index in [4.69, 9.17) is 4.52 Å². The van der Waals surface area contributed by atoms with Crippen LogP contribution in [0, 0.1) is 0 Å². The Bertz CT molecular complexity index is 719. The quantitative estimate of drug-likeness (QED) is 0.858. The Morgan fingerprint density at radius 2 is 2.09 bits per heavy atom. The van der Waals surface area contributed by atoms with E-state index in [-0.39, 0.29) is 17.5 Å². The van der Waals surface area contributed by atoms with Crippen molar-refractivity contribution in [2.45, 2.75) is 32.1 Å². The Morgan fingerprint density at radius 1 is 1.26 bits per heavy atom. The van der Waals surface area contributed by atoms with Gasteiger partial charge in [-0.25, -0.2) is 0 Å². The van der Waals surface area contributed by atoms with Gasteiger partial charge < -0.3 is 15.2 Å². The van der Waals surface area contributed by atoms with E-state index < -0.39 is 0 Å². The maximum atomic E-state index is 12.2. The molecule has 1 heterocycles. The van der Waals surface area contributed by atoms with Gasteiger partial charge in [0.1, 0.15) is 5.76 Å². The Balaban J connectivity index is 1.66. The molecule has 0 bridgehead atoms. The van der Waals surface area contributed by atoms with Crippen molar-refractivity contribution in [1.82, 2.24) is 10.5 Å². The molecule has 1 aliphatic carbocycles. The van der Waals surface area contributed by atoms with E-state index in [9.17, 15) is 9.59 Å². The van der Waals surface area contributed by atoms with Crippen molar-refractivity contribution in [3.63, 3.8) is 0 Å². The average molecular weight is 313 g/mol. The molecule has 0 saturated heterocycles. The number of anilines is 1. The molecular formula is C17H19N3O3. The lowest BCUT2D eigenvalue weighted by atomic mass is 10.2. The minimum absolute atomic E-state index is 0.152.